The smallest absolute Gasteiger partial charge is 0.229 e. The fourth-order valence-electron chi connectivity index (χ4n) is 2.41. The van der Waals surface area contributed by atoms with Crippen LogP contribution in [0.4, 0.5) is 0 Å². The third kappa shape index (κ3) is 1.14. The summed E-state index contributed by atoms with van der Waals surface area (Å²) in [6, 6.07) is 7.29. The molecule has 0 N–H and O–H groups in total. The van der Waals surface area contributed by atoms with E-state index in [2.05, 4.69) is 5.73 Å². The zero-order valence-electron chi connectivity index (χ0n) is 8.69. The number of hydrogen-bond donors (Lipinski definition) is 0. The largest absolute Gasteiger partial charge is 0.290 e. The van der Waals surface area contributed by atoms with Crippen LogP contribution in [-0.4, -0.2) is 11.6 Å². The van der Waals surface area contributed by atoms with Crippen LogP contribution in [0.25, 0.3) is 5.57 Å². The molecule has 78 valence electrons. The summed E-state index contributed by atoms with van der Waals surface area (Å²) in [5.41, 5.74) is 5.45. The molecule has 0 bridgehead atoms. The molecule has 0 aromatic heterocycles. The highest BCUT2D eigenvalue weighted by molar-refractivity contribution is 6.48. The first-order chi connectivity index (χ1) is 7.79. The van der Waals surface area contributed by atoms with Crippen LogP contribution in [0.3, 0.4) is 0 Å². The summed E-state index contributed by atoms with van der Waals surface area (Å²) in [5, 5.41) is 0. The quantitative estimate of drug-likeness (QED) is 0.486. The van der Waals surface area contributed by atoms with Gasteiger partial charge in [0, 0.05) is 11.1 Å². The van der Waals surface area contributed by atoms with Gasteiger partial charge in [0.1, 0.15) is 0 Å². The lowest BCUT2D eigenvalue weighted by molar-refractivity contribution is -0.117. The minimum absolute atomic E-state index is 0.257. The molecule has 2 nitrogen and oxygen atoms in total. The Morgan fingerprint density at radius 1 is 1.12 bits per heavy atom. The van der Waals surface area contributed by atoms with Gasteiger partial charge < -0.3 is 0 Å². The Hall–Kier alpha value is -1.92. The summed E-state index contributed by atoms with van der Waals surface area (Å²) in [6.45, 7) is 0. The summed E-state index contributed by atoms with van der Waals surface area (Å²) in [5.74, 6) is -0.866. The van der Waals surface area contributed by atoms with Gasteiger partial charge in [-0.3, -0.25) is 9.59 Å². The van der Waals surface area contributed by atoms with E-state index in [1.165, 1.54) is 0 Å². The van der Waals surface area contributed by atoms with E-state index in [9.17, 15) is 9.59 Å². The fourth-order valence-corrected chi connectivity index (χ4v) is 2.41. The summed E-state index contributed by atoms with van der Waals surface area (Å²) in [7, 11) is 0. The number of carbonyl (C=O) groups is 2. The first kappa shape index (κ1) is 9.32. The summed E-state index contributed by atoms with van der Waals surface area (Å²) < 4.78 is 0. The number of rotatable bonds is 0. The molecular weight excluding hydrogens is 200 g/mol. The second-order valence-corrected chi connectivity index (χ2v) is 4.13. The monoisotopic (exact) mass is 210 g/mol. The van der Waals surface area contributed by atoms with Crippen molar-refractivity contribution in [2.24, 2.45) is 5.92 Å². The minimum atomic E-state index is -0.340. The molecule has 3 rings (SSSR count). The van der Waals surface area contributed by atoms with Crippen molar-refractivity contribution in [1.29, 1.82) is 0 Å². The normalized spacial score (nSPS) is 22.5. The molecule has 0 spiro atoms. The third-order valence-corrected chi connectivity index (χ3v) is 3.21. The SMILES string of the molecule is O=C1C(=O)C2CCC=C=C2c2ccccc21. The molecule has 0 saturated carbocycles. The average molecular weight is 210 g/mol. The van der Waals surface area contributed by atoms with Gasteiger partial charge in [-0.2, -0.15) is 0 Å². The third-order valence-electron chi connectivity index (χ3n) is 3.21. The van der Waals surface area contributed by atoms with E-state index in [-0.39, 0.29) is 17.5 Å². The molecule has 1 aromatic rings. The predicted octanol–water partition coefficient (Wildman–Crippen LogP) is 2.40. The molecule has 0 radical (unpaired) electrons. The van der Waals surface area contributed by atoms with Gasteiger partial charge in [0.05, 0.1) is 5.92 Å². The van der Waals surface area contributed by atoms with Crippen molar-refractivity contribution in [2.75, 3.05) is 0 Å². The molecule has 0 aliphatic heterocycles. The van der Waals surface area contributed by atoms with Gasteiger partial charge in [0.2, 0.25) is 11.6 Å². The van der Waals surface area contributed by atoms with Crippen molar-refractivity contribution >= 4 is 17.1 Å². The molecule has 16 heavy (non-hydrogen) atoms. The molecule has 2 heteroatoms. The molecule has 1 aromatic carbocycles. The molecule has 0 amide bonds. The van der Waals surface area contributed by atoms with Crippen LogP contribution in [-0.2, 0) is 4.79 Å². The number of hydrogen-bond acceptors (Lipinski definition) is 2. The Morgan fingerprint density at radius 2 is 1.88 bits per heavy atom. The molecule has 1 unspecified atom stereocenters. The van der Waals surface area contributed by atoms with E-state index < -0.39 is 0 Å². The topological polar surface area (TPSA) is 34.1 Å². The number of fused-ring (bicyclic) bond motifs is 3. The summed E-state index contributed by atoms with van der Waals surface area (Å²) >= 11 is 0. The predicted molar refractivity (Wildman–Crippen MR) is 60.0 cm³/mol. The Balaban J connectivity index is 2.33. The van der Waals surface area contributed by atoms with E-state index in [1.807, 2.05) is 18.2 Å². The zero-order valence-corrected chi connectivity index (χ0v) is 8.69. The van der Waals surface area contributed by atoms with Crippen molar-refractivity contribution in [2.45, 2.75) is 12.8 Å². The van der Waals surface area contributed by atoms with Gasteiger partial charge in [0.25, 0.3) is 0 Å². The number of ketones is 2. The van der Waals surface area contributed by atoms with Gasteiger partial charge in [0.15, 0.2) is 0 Å². The lowest BCUT2D eigenvalue weighted by Gasteiger charge is -2.25. The van der Waals surface area contributed by atoms with Crippen LogP contribution in [0.1, 0.15) is 28.8 Å². The van der Waals surface area contributed by atoms with E-state index in [4.69, 9.17) is 0 Å². The Bertz CT molecular complexity index is 560. The van der Waals surface area contributed by atoms with E-state index >= 15 is 0 Å². The van der Waals surface area contributed by atoms with Crippen LogP contribution in [0, 0.1) is 5.92 Å². The van der Waals surface area contributed by atoms with E-state index in [0.29, 0.717) is 5.56 Å². The van der Waals surface area contributed by atoms with Gasteiger partial charge >= 0.3 is 0 Å². The maximum Gasteiger partial charge on any atom is 0.229 e. The Morgan fingerprint density at radius 3 is 2.69 bits per heavy atom. The van der Waals surface area contributed by atoms with Crippen molar-refractivity contribution in [1.82, 2.24) is 0 Å². The Labute approximate surface area is 93.3 Å². The van der Waals surface area contributed by atoms with Gasteiger partial charge in [-0.25, -0.2) is 0 Å². The maximum atomic E-state index is 11.9. The van der Waals surface area contributed by atoms with Crippen molar-refractivity contribution in [3.05, 3.63) is 47.2 Å². The molecule has 0 fully saturated rings. The number of benzene rings is 1. The number of Topliss-reactive ketones (excluding diaryl/α,β-unsaturated/α-hetero) is 2. The van der Waals surface area contributed by atoms with Crippen LogP contribution in [0.2, 0.25) is 0 Å². The van der Waals surface area contributed by atoms with Crippen molar-refractivity contribution < 1.29 is 9.59 Å². The standard InChI is InChI=1S/C14H10O2/c15-13-11-7-3-1-5-9(11)10-6-2-4-8-12(10)14(13)16/h1-3,5,7,12H,4,8H2. The first-order valence-electron chi connectivity index (χ1n) is 5.42. The molecule has 0 heterocycles. The molecule has 1 atom stereocenters. The number of allylic oxidation sites excluding steroid dienone is 1. The van der Waals surface area contributed by atoms with Crippen molar-refractivity contribution in [3.63, 3.8) is 0 Å². The number of carbonyl (C=O) groups excluding carboxylic acids is 2. The highest BCUT2D eigenvalue weighted by Crippen LogP contribution is 2.36. The second kappa shape index (κ2) is 3.29. The average Bonchev–Trinajstić information content (AvgIpc) is 2.36. The van der Waals surface area contributed by atoms with E-state index in [1.54, 1.807) is 12.1 Å². The first-order valence-corrected chi connectivity index (χ1v) is 5.42. The summed E-state index contributed by atoms with van der Waals surface area (Å²) in [6.07, 6.45) is 3.52. The van der Waals surface area contributed by atoms with Gasteiger partial charge in [-0.15, -0.1) is 5.73 Å². The minimum Gasteiger partial charge on any atom is -0.290 e. The molecular formula is C14H10O2. The second-order valence-electron chi connectivity index (χ2n) is 4.13. The van der Waals surface area contributed by atoms with Crippen molar-refractivity contribution in [3.8, 4) is 0 Å². The summed E-state index contributed by atoms with van der Waals surface area (Å²) in [4.78, 5) is 23.8. The highest BCUT2D eigenvalue weighted by Gasteiger charge is 2.37. The van der Waals surface area contributed by atoms with Crippen LogP contribution in [0.5, 0.6) is 0 Å². The van der Waals surface area contributed by atoms with Gasteiger partial charge in [-0.1, -0.05) is 24.3 Å². The lowest BCUT2D eigenvalue weighted by atomic mass is 9.75. The Kier molecular flexibility index (Phi) is 1.92. The van der Waals surface area contributed by atoms with Crippen LogP contribution < -0.4 is 0 Å². The van der Waals surface area contributed by atoms with Gasteiger partial charge in [-0.05, 0) is 24.5 Å². The highest BCUT2D eigenvalue weighted by atomic mass is 16.2. The zero-order chi connectivity index (χ0) is 11.1. The molecule has 0 saturated heterocycles. The van der Waals surface area contributed by atoms with Crippen LogP contribution in [0.15, 0.2) is 36.1 Å². The molecule has 2 aliphatic rings. The van der Waals surface area contributed by atoms with Crippen LogP contribution >= 0.6 is 0 Å². The maximum absolute atomic E-state index is 11.9. The van der Waals surface area contributed by atoms with E-state index in [0.717, 1.165) is 24.0 Å². The lowest BCUT2D eigenvalue weighted by Crippen LogP contribution is -2.31. The molecule has 2 aliphatic carbocycles. The fraction of sp³-hybridized carbons (Fsp3) is 0.214.